The van der Waals surface area contributed by atoms with E-state index < -0.39 is 0 Å². The van der Waals surface area contributed by atoms with Gasteiger partial charge in [0.05, 0.1) is 5.69 Å². The second kappa shape index (κ2) is 5.91. The van der Waals surface area contributed by atoms with Gasteiger partial charge in [0.1, 0.15) is 16.4 Å². The van der Waals surface area contributed by atoms with Gasteiger partial charge in [0.25, 0.3) is 0 Å². The van der Waals surface area contributed by atoms with E-state index in [4.69, 9.17) is 9.72 Å². The molecule has 0 unspecified atom stereocenters. The number of hydrogen-bond donors (Lipinski definition) is 1. The number of rotatable bonds is 4. The van der Waals surface area contributed by atoms with Crippen LogP contribution in [0.2, 0.25) is 0 Å². The number of aromatic nitrogens is 1. The zero-order chi connectivity index (χ0) is 16.7. The van der Waals surface area contributed by atoms with E-state index in [1.807, 2.05) is 0 Å². The second-order valence-corrected chi connectivity index (χ2v) is 8.90. The van der Waals surface area contributed by atoms with Crippen molar-refractivity contribution < 1.29 is 4.74 Å². The monoisotopic (exact) mass is 330 g/mol. The molecule has 2 aromatic rings. The Morgan fingerprint density at radius 3 is 2.74 bits per heavy atom. The van der Waals surface area contributed by atoms with Crippen molar-refractivity contribution in [2.45, 2.75) is 65.1 Å². The number of nitrogens with zero attached hydrogens (tertiary/aromatic N) is 1. The second-order valence-electron chi connectivity index (χ2n) is 7.96. The molecule has 1 N–H and O–H groups in total. The molecule has 3 rings (SSSR count). The first-order valence-electron chi connectivity index (χ1n) is 8.19. The van der Waals surface area contributed by atoms with Crippen molar-refractivity contribution in [1.82, 2.24) is 10.3 Å². The van der Waals surface area contributed by atoms with Gasteiger partial charge in [0.2, 0.25) is 0 Å². The molecular formula is C19H26N2OS. The van der Waals surface area contributed by atoms with Crippen LogP contribution < -0.4 is 10.1 Å². The van der Waals surface area contributed by atoms with Crippen molar-refractivity contribution in [3.8, 4) is 5.75 Å². The van der Waals surface area contributed by atoms with Crippen LogP contribution in [0.3, 0.4) is 0 Å². The van der Waals surface area contributed by atoms with E-state index in [9.17, 15) is 0 Å². The van der Waals surface area contributed by atoms with E-state index in [1.54, 1.807) is 11.3 Å². The Labute approximate surface area is 143 Å². The molecule has 0 radical (unpaired) electrons. The minimum atomic E-state index is -0.0708. The first-order valence-corrected chi connectivity index (χ1v) is 9.07. The molecule has 3 nitrogen and oxygen atoms in total. The van der Waals surface area contributed by atoms with Crippen LogP contribution in [0, 0.1) is 0 Å². The highest BCUT2D eigenvalue weighted by Gasteiger charge is 2.29. The fourth-order valence-corrected chi connectivity index (χ4v) is 3.81. The largest absolute Gasteiger partial charge is 0.487 e. The summed E-state index contributed by atoms with van der Waals surface area (Å²) in [6.45, 7) is 12.6. The van der Waals surface area contributed by atoms with E-state index in [-0.39, 0.29) is 11.0 Å². The van der Waals surface area contributed by atoms with Crippen LogP contribution in [0.1, 0.15) is 56.4 Å². The lowest BCUT2D eigenvalue weighted by molar-refractivity contribution is 0.138. The van der Waals surface area contributed by atoms with Gasteiger partial charge in [-0.15, -0.1) is 11.3 Å². The Kier molecular flexibility index (Phi) is 4.23. The molecule has 23 heavy (non-hydrogen) atoms. The molecule has 0 amide bonds. The standard InChI is InChI=1S/C19H26N2OS/c1-18(2,3)16-12-23-17(21-16)11-20-10-13-6-7-15-14(8-13)9-19(4,5)22-15/h6-8,12,20H,9-11H2,1-5H3. The summed E-state index contributed by atoms with van der Waals surface area (Å²) in [7, 11) is 0. The van der Waals surface area contributed by atoms with E-state index in [2.05, 4.69) is 63.5 Å². The number of fused-ring (bicyclic) bond motifs is 1. The zero-order valence-electron chi connectivity index (χ0n) is 14.7. The molecule has 0 saturated carbocycles. The molecule has 2 heterocycles. The fourth-order valence-electron chi connectivity index (χ4n) is 2.82. The van der Waals surface area contributed by atoms with Gasteiger partial charge in [-0.3, -0.25) is 0 Å². The molecule has 0 saturated heterocycles. The summed E-state index contributed by atoms with van der Waals surface area (Å²) >= 11 is 1.74. The SMILES string of the molecule is CC1(C)Cc2cc(CNCc3nc(C(C)(C)C)cs3)ccc2O1. The number of benzene rings is 1. The normalized spacial score (nSPS) is 16.2. The summed E-state index contributed by atoms with van der Waals surface area (Å²) in [6.07, 6.45) is 0.984. The molecule has 1 aliphatic rings. The number of thiazole rings is 1. The van der Waals surface area contributed by atoms with Crippen molar-refractivity contribution in [2.75, 3.05) is 0 Å². The maximum absolute atomic E-state index is 5.93. The van der Waals surface area contributed by atoms with Crippen LogP contribution in [-0.4, -0.2) is 10.6 Å². The smallest absolute Gasteiger partial charge is 0.123 e. The Morgan fingerprint density at radius 1 is 1.26 bits per heavy atom. The van der Waals surface area contributed by atoms with E-state index in [0.29, 0.717) is 0 Å². The number of nitrogens with one attached hydrogen (secondary N) is 1. The Balaban J connectivity index is 1.57. The topological polar surface area (TPSA) is 34.2 Å². The highest BCUT2D eigenvalue weighted by Crippen LogP contribution is 2.35. The van der Waals surface area contributed by atoms with Crippen LogP contribution in [0.25, 0.3) is 0 Å². The Bertz CT molecular complexity index is 698. The third-order valence-electron chi connectivity index (χ3n) is 4.05. The summed E-state index contributed by atoms with van der Waals surface area (Å²) < 4.78 is 5.93. The minimum absolute atomic E-state index is 0.0708. The van der Waals surface area contributed by atoms with Crippen LogP contribution in [-0.2, 0) is 24.9 Å². The lowest BCUT2D eigenvalue weighted by atomic mass is 9.93. The molecular weight excluding hydrogens is 304 g/mol. The van der Waals surface area contributed by atoms with Crippen molar-refractivity contribution >= 4 is 11.3 Å². The molecule has 1 aromatic carbocycles. The molecule has 0 aliphatic carbocycles. The van der Waals surface area contributed by atoms with E-state index >= 15 is 0 Å². The quantitative estimate of drug-likeness (QED) is 0.899. The molecule has 0 atom stereocenters. The third kappa shape index (κ3) is 3.93. The maximum Gasteiger partial charge on any atom is 0.123 e. The van der Waals surface area contributed by atoms with Crippen LogP contribution in [0.15, 0.2) is 23.6 Å². The summed E-state index contributed by atoms with van der Waals surface area (Å²) in [5, 5.41) is 6.83. The van der Waals surface area contributed by atoms with Gasteiger partial charge in [-0.2, -0.15) is 0 Å². The molecule has 0 fully saturated rings. The summed E-state index contributed by atoms with van der Waals surface area (Å²) in [6, 6.07) is 6.51. The van der Waals surface area contributed by atoms with Gasteiger partial charge < -0.3 is 10.1 Å². The lowest BCUT2D eigenvalue weighted by Crippen LogP contribution is -2.24. The van der Waals surface area contributed by atoms with Crippen LogP contribution in [0.4, 0.5) is 0 Å². The van der Waals surface area contributed by atoms with Crippen molar-refractivity contribution in [1.29, 1.82) is 0 Å². The lowest BCUT2D eigenvalue weighted by Gasteiger charge is -2.16. The van der Waals surface area contributed by atoms with Crippen molar-refractivity contribution in [3.63, 3.8) is 0 Å². The average molecular weight is 330 g/mol. The molecule has 1 aromatic heterocycles. The highest BCUT2D eigenvalue weighted by molar-refractivity contribution is 7.09. The predicted molar refractivity (Wildman–Crippen MR) is 96.2 cm³/mol. The molecule has 0 spiro atoms. The maximum atomic E-state index is 5.93. The van der Waals surface area contributed by atoms with Gasteiger partial charge in [0, 0.05) is 30.3 Å². The Morgan fingerprint density at radius 2 is 2.04 bits per heavy atom. The fraction of sp³-hybridized carbons (Fsp3) is 0.526. The third-order valence-corrected chi connectivity index (χ3v) is 4.90. The van der Waals surface area contributed by atoms with Crippen molar-refractivity contribution in [3.05, 3.63) is 45.4 Å². The van der Waals surface area contributed by atoms with E-state index in [0.717, 1.165) is 30.3 Å². The molecule has 1 aliphatic heterocycles. The summed E-state index contributed by atoms with van der Waals surface area (Å²) in [5.74, 6) is 1.04. The summed E-state index contributed by atoms with van der Waals surface area (Å²) in [5.41, 5.74) is 3.85. The van der Waals surface area contributed by atoms with Gasteiger partial charge in [-0.1, -0.05) is 32.9 Å². The first kappa shape index (κ1) is 16.5. The minimum Gasteiger partial charge on any atom is -0.487 e. The number of ether oxygens (including phenoxy) is 1. The van der Waals surface area contributed by atoms with Gasteiger partial charge in [-0.25, -0.2) is 4.98 Å². The molecule has 4 heteroatoms. The first-order chi connectivity index (χ1) is 10.7. The zero-order valence-corrected chi connectivity index (χ0v) is 15.5. The van der Waals surface area contributed by atoms with Gasteiger partial charge in [-0.05, 0) is 31.0 Å². The molecule has 124 valence electrons. The number of hydrogen-bond acceptors (Lipinski definition) is 4. The predicted octanol–water partition coefficient (Wildman–Crippen LogP) is 4.44. The van der Waals surface area contributed by atoms with Gasteiger partial charge in [0.15, 0.2) is 0 Å². The summed E-state index contributed by atoms with van der Waals surface area (Å²) in [4.78, 5) is 4.73. The van der Waals surface area contributed by atoms with Gasteiger partial charge >= 0.3 is 0 Å². The van der Waals surface area contributed by atoms with E-state index in [1.165, 1.54) is 16.8 Å². The van der Waals surface area contributed by atoms with Crippen LogP contribution in [0.5, 0.6) is 5.75 Å². The Hall–Kier alpha value is -1.39. The molecule has 0 bridgehead atoms. The highest BCUT2D eigenvalue weighted by atomic mass is 32.1. The average Bonchev–Trinajstić information content (AvgIpc) is 3.00. The van der Waals surface area contributed by atoms with Crippen molar-refractivity contribution in [2.24, 2.45) is 0 Å². The van der Waals surface area contributed by atoms with Crippen LogP contribution >= 0.6 is 11.3 Å².